The number of hydrogen-bond acceptors (Lipinski definition) is 5. The maximum absolute atomic E-state index is 5.59. The van der Waals surface area contributed by atoms with E-state index in [0.717, 1.165) is 42.8 Å². The van der Waals surface area contributed by atoms with Gasteiger partial charge in [-0.1, -0.05) is 19.8 Å². The van der Waals surface area contributed by atoms with Crippen LogP contribution in [0.3, 0.4) is 0 Å². The Morgan fingerprint density at radius 2 is 2.05 bits per heavy atom. The zero-order valence-electron chi connectivity index (χ0n) is 13.0. The highest BCUT2D eigenvalue weighted by Gasteiger charge is 2.34. The fourth-order valence-corrected chi connectivity index (χ4v) is 3.95. The van der Waals surface area contributed by atoms with Crippen LogP contribution in [-0.4, -0.2) is 22.6 Å². The van der Waals surface area contributed by atoms with Crippen molar-refractivity contribution in [1.82, 2.24) is 9.97 Å². The van der Waals surface area contributed by atoms with Crippen LogP contribution in [0.15, 0.2) is 6.07 Å². The summed E-state index contributed by atoms with van der Waals surface area (Å²) in [4.78, 5) is 11.8. The number of fused-ring (bicyclic) bond motifs is 1. The third kappa shape index (κ3) is 3.12. The second kappa shape index (κ2) is 6.60. The van der Waals surface area contributed by atoms with Gasteiger partial charge in [0, 0.05) is 25.1 Å². The Balaban J connectivity index is 1.88. The molecule has 2 heterocycles. The van der Waals surface area contributed by atoms with Crippen LogP contribution < -0.4 is 16.2 Å². The molecule has 5 nitrogen and oxygen atoms in total. The predicted octanol–water partition coefficient (Wildman–Crippen LogP) is 2.87. The van der Waals surface area contributed by atoms with Gasteiger partial charge in [0.15, 0.2) is 0 Å². The molecule has 1 saturated heterocycles. The molecule has 2 atom stereocenters. The van der Waals surface area contributed by atoms with Crippen LogP contribution in [0.1, 0.15) is 57.7 Å². The van der Waals surface area contributed by atoms with Gasteiger partial charge < -0.3 is 10.3 Å². The molecule has 1 saturated carbocycles. The van der Waals surface area contributed by atoms with Crippen LogP contribution in [0.2, 0.25) is 0 Å². The number of nitrogens with two attached hydrogens (primary N) is 1. The van der Waals surface area contributed by atoms with Crippen LogP contribution in [0, 0.1) is 5.92 Å². The fourth-order valence-electron chi connectivity index (χ4n) is 3.95. The average Bonchev–Trinajstić information content (AvgIpc) is 2.54. The fraction of sp³-hybridized carbons (Fsp3) is 0.750. The number of hydrazine groups is 1. The number of aryl methyl sites for hydroxylation is 1. The molecule has 0 bridgehead atoms. The lowest BCUT2D eigenvalue weighted by molar-refractivity contribution is 0.242. The number of aromatic nitrogens is 2. The Bertz CT molecular complexity index is 474. The first-order valence-corrected chi connectivity index (χ1v) is 8.43. The highest BCUT2D eigenvalue weighted by molar-refractivity contribution is 5.50. The van der Waals surface area contributed by atoms with E-state index in [0.29, 0.717) is 6.04 Å². The van der Waals surface area contributed by atoms with Gasteiger partial charge in [0.05, 0.1) is 0 Å². The van der Waals surface area contributed by atoms with E-state index in [-0.39, 0.29) is 0 Å². The standard InChI is InChI=1S/C16H27N5/c1-2-6-14-18-15(20-17)11-16(19-14)21-10-5-8-12-7-3-4-9-13(12)21/h11-13H,2-10,17H2,1H3,(H,18,19,20)/t12-,13-/m1/s1. The van der Waals surface area contributed by atoms with Gasteiger partial charge in [-0.25, -0.2) is 15.8 Å². The number of nitrogens with one attached hydrogen (secondary N) is 1. The highest BCUT2D eigenvalue weighted by atomic mass is 15.3. The quantitative estimate of drug-likeness (QED) is 0.659. The molecule has 21 heavy (non-hydrogen) atoms. The lowest BCUT2D eigenvalue weighted by Gasteiger charge is -2.44. The Morgan fingerprint density at radius 1 is 1.24 bits per heavy atom. The Hall–Kier alpha value is -1.36. The van der Waals surface area contributed by atoms with Gasteiger partial charge >= 0.3 is 0 Å². The van der Waals surface area contributed by atoms with Gasteiger partial charge in [0.25, 0.3) is 0 Å². The third-order valence-corrected chi connectivity index (χ3v) is 4.92. The van der Waals surface area contributed by atoms with E-state index in [9.17, 15) is 0 Å². The molecule has 0 aromatic carbocycles. The molecule has 0 radical (unpaired) electrons. The molecule has 0 unspecified atom stereocenters. The van der Waals surface area contributed by atoms with E-state index in [1.165, 1.54) is 38.5 Å². The Labute approximate surface area is 127 Å². The van der Waals surface area contributed by atoms with Gasteiger partial charge in [-0.2, -0.15) is 0 Å². The van der Waals surface area contributed by atoms with Crippen molar-refractivity contribution in [3.05, 3.63) is 11.9 Å². The van der Waals surface area contributed by atoms with Crippen molar-refractivity contribution >= 4 is 11.6 Å². The highest BCUT2D eigenvalue weighted by Crippen LogP contribution is 2.37. The van der Waals surface area contributed by atoms with Crippen molar-refractivity contribution in [2.75, 3.05) is 16.9 Å². The summed E-state index contributed by atoms with van der Waals surface area (Å²) in [5.74, 6) is 9.15. The molecular formula is C16H27N5. The first-order valence-electron chi connectivity index (χ1n) is 8.43. The second-order valence-electron chi connectivity index (χ2n) is 6.37. The molecule has 0 amide bonds. The number of hydrogen-bond donors (Lipinski definition) is 2. The number of nitrogen functional groups attached to an aromatic ring is 1. The van der Waals surface area contributed by atoms with Crippen LogP contribution in [-0.2, 0) is 6.42 Å². The number of anilines is 2. The van der Waals surface area contributed by atoms with Crippen molar-refractivity contribution in [2.24, 2.45) is 11.8 Å². The van der Waals surface area contributed by atoms with Crippen molar-refractivity contribution in [3.63, 3.8) is 0 Å². The SMILES string of the molecule is CCCc1nc(NN)cc(N2CCC[C@H]3CCCC[C@H]32)n1. The van der Waals surface area contributed by atoms with E-state index < -0.39 is 0 Å². The largest absolute Gasteiger partial charge is 0.353 e. The molecule has 1 aliphatic heterocycles. The minimum absolute atomic E-state index is 0.669. The van der Waals surface area contributed by atoms with E-state index in [4.69, 9.17) is 10.8 Å². The molecule has 1 aromatic heterocycles. The van der Waals surface area contributed by atoms with Crippen LogP contribution in [0.5, 0.6) is 0 Å². The van der Waals surface area contributed by atoms with Gasteiger partial charge in [-0.3, -0.25) is 0 Å². The summed E-state index contributed by atoms with van der Waals surface area (Å²) in [5, 5.41) is 0. The number of nitrogens with zero attached hydrogens (tertiary/aromatic N) is 3. The zero-order valence-corrected chi connectivity index (χ0v) is 13.0. The number of piperidine rings is 1. The van der Waals surface area contributed by atoms with E-state index in [1.807, 2.05) is 6.07 Å². The predicted molar refractivity (Wildman–Crippen MR) is 86.2 cm³/mol. The lowest BCUT2D eigenvalue weighted by atomic mass is 9.78. The molecule has 3 rings (SSSR count). The maximum atomic E-state index is 5.59. The summed E-state index contributed by atoms with van der Waals surface area (Å²) in [7, 11) is 0. The summed E-state index contributed by atoms with van der Waals surface area (Å²) in [6.07, 6.45) is 10.1. The average molecular weight is 289 g/mol. The molecule has 5 heteroatoms. The summed E-state index contributed by atoms with van der Waals surface area (Å²) in [6.45, 7) is 3.28. The minimum Gasteiger partial charge on any atom is -0.353 e. The molecule has 2 aliphatic rings. The van der Waals surface area contributed by atoms with Gasteiger partial charge in [-0.05, 0) is 38.0 Å². The molecular weight excluding hydrogens is 262 g/mol. The van der Waals surface area contributed by atoms with Crippen LogP contribution in [0.4, 0.5) is 11.6 Å². The second-order valence-corrected chi connectivity index (χ2v) is 6.37. The Morgan fingerprint density at radius 3 is 2.86 bits per heavy atom. The van der Waals surface area contributed by atoms with Crippen LogP contribution in [0.25, 0.3) is 0 Å². The van der Waals surface area contributed by atoms with E-state index in [1.54, 1.807) is 0 Å². The van der Waals surface area contributed by atoms with Crippen LogP contribution >= 0.6 is 0 Å². The topological polar surface area (TPSA) is 67.1 Å². The minimum atomic E-state index is 0.669. The molecule has 3 N–H and O–H groups in total. The smallest absolute Gasteiger partial charge is 0.145 e. The van der Waals surface area contributed by atoms with Crippen molar-refractivity contribution < 1.29 is 0 Å². The molecule has 116 valence electrons. The van der Waals surface area contributed by atoms with Crippen molar-refractivity contribution in [1.29, 1.82) is 0 Å². The zero-order chi connectivity index (χ0) is 14.7. The third-order valence-electron chi connectivity index (χ3n) is 4.92. The van der Waals surface area contributed by atoms with E-state index >= 15 is 0 Å². The van der Waals surface area contributed by atoms with Crippen molar-refractivity contribution in [3.8, 4) is 0 Å². The monoisotopic (exact) mass is 289 g/mol. The van der Waals surface area contributed by atoms with E-state index in [2.05, 4.69) is 22.2 Å². The first kappa shape index (κ1) is 14.6. The lowest BCUT2D eigenvalue weighted by Crippen LogP contribution is -2.47. The molecule has 1 aliphatic carbocycles. The Kier molecular flexibility index (Phi) is 4.58. The summed E-state index contributed by atoms with van der Waals surface area (Å²) < 4.78 is 0. The van der Waals surface area contributed by atoms with Crippen molar-refractivity contribution in [2.45, 2.75) is 64.3 Å². The first-order chi connectivity index (χ1) is 10.3. The molecule has 0 spiro atoms. The van der Waals surface area contributed by atoms with Gasteiger partial charge in [-0.15, -0.1) is 0 Å². The molecule has 1 aromatic rings. The van der Waals surface area contributed by atoms with Gasteiger partial charge in [0.1, 0.15) is 17.5 Å². The van der Waals surface area contributed by atoms with Gasteiger partial charge in [0.2, 0.25) is 0 Å². The maximum Gasteiger partial charge on any atom is 0.145 e. The summed E-state index contributed by atoms with van der Waals surface area (Å²) in [6, 6.07) is 2.68. The normalized spacial score (nSPS) is 25.5. The summed E-state index contributed by atoms with van der Waals surface area (Å²) in [5.41, 5.74) is 2.70. The number of rotatable bonds is 4. The summed E-state index contributed by atoms with van der Waals surface area (Å²) >= 11 is 0. The molecule has 2 fully saturated rings.